The number of nitrogens with one attached hydrogen (secondary N) is 1. The van der Waals surface area contributed by atoms with Crippen LogP contribution < -0.4 is 5.32 Å². The topological polar surface area (TPSA) is 69.7 Å². The van der Waals surface area contributed by atoms with Gasteiger partial charge < -0.3 is 5.32 Å². The predicted molar refractivity (Wildman–Crippen MR) is 107 cm³/mol. The summed E-state index contributed by atoms with van der Waals surface area (Å²) in [5.41, 5.74) is 1.32. The number of carbonyl (C=O) groups is 1. The molecule has 2 fully saturated rings. The molecule has 150 valence electrons. The van der Waals surface area contributed by atoms with Crippen molar-refractivity contribution in [2.75, 3.05) is 37.7 Å². The lowest BCUT2D eigenvalue weighted by Gasteiger charge is -2.29. The zero-order valence-electron chi connectivity index (χ0n) is 16.3. The summed E-state index contributed by atoms with van der Waals surface area (Å²) in [5.74, 6) is 0.203. The van der Waals surface area contributed by atoms with Crippen LogP contribution in [-0.4, -0.2) is 73.9 Å². The van der Waals surface area contributed by atoms with Gasteiger partial charge in [0.2, 0.25) is 5.91 Å². The van der Waals surface area contributed by atoms with E-state index in [1.807, 2.05) is 6.07 Å². The van der Waals surface area contributed by atoms with Crippen LogP contribution in [0, 0.1) is 0 Å². The standard InChI is InChI=1S/C20H31N3O3S/c1-3-22(14-20(24)21-18-10-12-27(25,26)15-18)19-9-11-23(13-19)16(2)17-7-5-4-6-8-17/h4-8,16,18-19H,3,9-15H2,1-2H3,(H,21,24). The van der Waals surface area contributed by atoms with E-state index < -0.39 is 9.84 Å². The molecule has 2 aliphatic rings. The molecule has 7 heteroatoms. The van der Waals surface area contributed by atoms with E-state index in [1.54, 1.807) is 0 Å². The lowest BCUT2D eigenvalue weighted by molar-refractivity contribution is -0.123. The lowest BCUT2D eigenvalue weighted by Crippen LogP contribution is -2.46. The van der Waals surface area contributed by atoms with Crippen LogP contribution in [0.25, 0.3) is 0 Å². The largest absolute Gasteiger partial charge is 0.351 e. The summed E-state index contributed by atoms with van der Waals surface area (Å²) in [7, 11) is -2.97. The Hall–Kier alpha value is -1.44. The molecule has 0 bridgehead atoms. The summed E-state index contributed by atoms with van der Waals surface area (Å²) >= 11 is 0. The van der Waals surface area contributed by atoms with Crippen LogP contribution in [0.4, 0.5) is 0 Å². The molecule has 2 aliphatic heterocycles. The Morgan fingerprint density at radius 3 is 2.67 bits per heavy atom. The highest BCUT2D eigenvalue weighted by Gasteiger charge is 2.32. The summed E-state index contributed by atoms with van der Waals surface area (Å²) in [6, 6.07) is 11.0. The van der Waals surface area contributed by atoms with Crippen molar-refractivity contribution in [1.29, 1.82) is 0 Å². The van der Waals surface area contributed by atoms with Crippen LogP contribution >= 0.6 is 0 Å². The number of nitrogens with zero attached hydrogens (tertiary/aromatic N) is 2. The van der Waals surface area contributed by atoms with Crippen LogP contribution in [-0.2, 0) is 14.6 Å². The first-order chi connectivity index (χ1) is 12.9. The molecule has 0 saturated carbocycles. The Bertz CT molecular complexity index is 738. The van der Waals surface area contributed by atoms with Crippen molar-refractivity contribution in [2.24, 2.45) is 0 Å². The molecule has 1 aromatic rings. The van der Waals surface area contributed by atoms with E-state index >= 15 is 0 Å². The fourth-order valence-electron chi connectivity index (χ4n) is 4.23. The second-order valence-corrected chi connectivity index (χ2v) is 9.98. The van der Waals surface area contributed by atoms with Gasteiger partial charge in [-0.2, -0.15) is 0 Å². The van der Waals surface area contributed by atoms with Gasteiger partial charge in [0, 0.05) is 31.2 Å². The molecule has 0 aromatic heterocycles. The van der Waals surface area contributed by atoms with E-state index in [1.165, 1.54) is 5.56 Å². The number of amides is 1. The first-order valence-corrected chi connectivity index (χ1v) is 11.7. The second-order valence-electron chi connectivity index (χ2n) is 7.75. The van der Waals surface area contributed by atoms with Gasteiger partial charge in [0.15, 0.2) is 9.84 Å². The molecule has 1 amide bonds. The molecule has 27 heavy (non-hydrogen) atoms. The molecule has 6 nitrogen and oxygen atoms in total. The minimum atomic E-state index is -2.97. The van der Waals surface area contributed by atoms with Crippen molar-refractivity contribution < 1.29 is 13.2 Å². The van der Waals surface area contributed by atoms with Crippen LogP contribution in [0.2, 0.25) is 0 Å². The van der Waals surface area contributed by atoms with Crippen molar-refractivity contribution >= 4 is 15.7 Å². The number of benzene rings is 1. The molecule has 1 N–H and O–H groups in total. The van der Waals surface area contributed by atoms with E-state index in [-0.39, 0.29) is 23.5 Å². The first kappa shape index (κ1) is 20.3. The Kier molecular flexibility index (Phi) is 6.55. The van der Waals surface area contributed by atoms with Gasteiger partial charge in [0.1, 0.15) is 0 Å². The van der Waals surface area contributed by atoms with Crippen molar-refractivity contribution in [2.45, 2.75) is 44.8 Å². The van der Waals surface area contributed by atoms with Gasteiger partial charge in [-0.1, -0.05) is 37.3 Å². The lowest BCUT2D eigenvalue weighted by atomic mass is 10.1. The Morgan fingerprint density at radius 1 is 1.30 bits per heavy atom. The van der Waals surface area contributed by atoms with Crippen LogP contribution in [0.15, 0.2) is 30.3 Å². The number of rotatable bonds is 7. The van der Waals surface area contributed by atoms with Crippen LogP contribution in [0.1, 0.15) is 38.3 Å². The zero-order chi connectivity index (χ0) is 19.4. The van der Waals surface area contributed by atoms with Gasteiger partial charge >= 0.3 is 0 Å². The Morgan fingerprint density at radius 2 is 2.04 bits per heavy atom. The van der Waals surface area contributed by atoms with Crippen molar-refractivity contribution in [3.05, 3.63) is 35.9 Å². The highest BCUT2D eigenvalue weighted by Crippen LogP contribution is 2.26. The number of hydrogen-bond acceptors (Lipinski definition) is 5. The monoisotopic (exact) mass is 393 g/mol. The maximum Gasteiger partial charge on any atom is 0.234 e. The molecule has 3 atom stereocenters. The number of likely N-dealkylation sites (N-methyl/N-ethyl adjacent to an activating group) is 1. The minimum absolute atomic E-state index is 0.0616. The van der Waals surface area contributed by atoms with E-state index in [4.69, 9.17) is 0 Å². The fraction of sp³-hybridized carbons (Fsp3) is 0.650. The van der Waals surface area contributed by atoms with E-state index in [0.29, 0.717) is 25.0 Å². The summed E-state index contributed by atoms with van der Waals surface area (Å²) < 4.78 is 23.1. The highest BCUT2D eigenvalue weighted by atomic mass is 32.2. The summed E-state index contributed by atoms with van der Waals surface area (Å²) in [4.78, 5) is 17.1. The molecular weight excluding hydrogens is 362 g/mol. The molecule has 0 aliphatic carbocycles. The number of carbonyl (C=O) groups excluding carboxylic acids is 1. The summed E-state index contributed by atoms with van der Waals surface area (Å²) in [6.07, 6.45) is 1.59. The van der Waals surface area contributed by atoms with Gasteiger partial charge in [-0.3, -0.25) is 14.6 Å². The average molecular weight is 394 g/mol. The maximum absolute atomic E-state index is 12.4. The quantitative estimate of drug-likeness (QED) is 0.759. The molecular formula is C20H31N3O3S. The zero-order valence-corrected chi connectivity index (χ0v) is 17.1. The number of hydrogen-bond donors (Lipinski definition) is 1. The van der Waals surface area contributed by atoms with Crippen LogP contribution in [0.5, 0.6) is 0 Å². The normalized spacial score (nSPS) is 26.3. The Balaban J connectivity index is 1.51. The van der Waals surface area contributed by atoms with Crippen molar-refractivity contribution in [3.63, 3.8) is 0 Å². The van der Waals surface area contributed by atoms with E-state index in [9.17, 15) is 13.2 Å². The van der Waals surface area contributed by atoms with E-state index in [2.05, 4.69) is 53.2 Å². The summed E-state index contributed by atoms with van der Waals surface area (Å²) in [6.45, 7) is 7.45. The van der Waals surface area contributed by atoms with Gasteiger partial charge in [0.25, 0.3) is 0 Å². The first-order valence-electron chi connectivity index (χ1n) is 9.91. The maximum atomic E-state index is 12.4. The average Bonchev–Trinajstić information content (AvgIpc) is 3.26. The van der Waals surface area contributed by atoms with Gasteiger partial charge in [-0.15, -0.1) is 0 Å². The van der Waals surface area contributed by atoms with Gasteiger partial charge in [-0.25, -0.2) is 8.42 Å². The Labute approximate surface area is 162 Å². The highest BCUT2D eigenvalue weighted by molar-refractivity contribution is 7.91. The molecule has 2 saturated heterocycles. The summed E-state index contributed by atoms with van der Waals surface area (Å²) in [5, 5.41) is 2.91. The van der Waals surface area contributed by atoms with Crippen LogP contribution in [0.3, 0.4) is 0 Å². The van der Waals surface area contributed by atoms with Crippen molar-refractivity contribution in [1.82, 2.24) is 15.1 Å². The van der Waals surface area contributed by atoms with Gasteiger partial charge in [0.05, 0.1) is 18.1 Å². The third-order valence-corrected chi connectivity index (χ3v) is 7.66. The fourth-order valence-corrected chi connectivity index (χ4v) is 5.90. The third-order valence-electron chi connectivity index (χ3n) is 5.89. The SMILES string of the molecule is CCN(CC(=O)NC1CCS(=O)(=O)C1)C1CCN(C(C)c2ccccc2)C1. The second kappa shape index (κ2) is 8.71. The predicted octanol–water partition coefficient (Wildman–Crippen LogP) is 1.45. The molecule has 3 unspecified atom stereocenters. The van der Waals surface area contributed by atoms with E-state index in [0.717, 1.165) is 26.1 Å². The molecule has 1 aromatic carbocycles. The minimum Gasteiger partial charge on any atom is -0.351 e. The van der Waals surface area contributed by atoms with Crippen molar-refractivity contribution in [3.8, 4) is 0 Å². The smallest absolute Gasteiger partial charge is 0.234 e. The van der Waals surface area contributed by atoms with Gasteiger partial charge in [-0.05, 0) is 31.9 Å². The number of likely N-dealkylation sites (tertiary alicyclic amines) is 1. The molecule has 0 radical (unpaired) electrons. The molecule has 0 spiro atoms. The third kappa shape index (κ3) is 5.30. The number of sulfone groups is 1. The molecule has 2 heterocycles. The molecule has 3 rings (SSSR count).